The van der Waals surface area contributed by atoms with Crippen LogP contribution in [0.1, 0.15) is 147 Å². The highest BCUT2D eigenvalue weighted by Crippen LogP contribution is 2.43. The van der Waals surface area contributed by atoms with E-state index in [1.165, 1.54) is 0 Å². The van der Waals surface area contributed by atoms with Crippen molar-refractivity contribution in [1.29, 1.82) is 0 Å². The molecule has 0 aromatic carbocycles. The highest BCUT2D eigenvalue weighted by Gasteiger charge is 2.52. The summed E-state index contributed by atoms with van der Waals surface area (Å²) in [4.78, 5) is 65.9. The average Bonchev–Trinajstić information content (AvgIpc) is 3.68. The summed E-state index contributed by atoms with van der Waals surface area (Å²) in [6.07, 6.45) is 15.7. The van der Waals surface area contributed by atoms with Gasteiger partial charge in [0.1, 0.15) is 17.7 Å². The molecular formula is C42H64O8. The molecule has 0 aromatic rings. The molecule has 6 rings (SSSR count). The highest BCUT2D eigenvalue weighted by atomic mass is 16.6. The third-order valence-electron chi connectivity index (χ3n) is 9.61. The van der Waals surface area contributed by atoms with E-state index in [0.29, 0.717) is 43.7 Å². The maximum Gasteiger partial charge on any atom is 0.164 e. The molecule has 3 fully saturated rings. The number of epoxide rings is 1. The third kappa shape index (κ3) is 15.9. The average molecular weight is 697 g/mol. The first-order valence-corrected chi connectivity index (χ1v) is 18.1. The summed E-state index contributed by atoms with van der Waals surface area (Å²) in [5.41, 5.74) is 1.56. The van der Waals surface area contributed by atoms with Crippen molar-refractivity contribution in [3.8, 4) is 0 Å². The van der Waals surface area contributed by atoms with Gasteiger partial charge in [-0.3, -0.25) is 28.8 Å². The van der Waals surface area contributed by atoms with Crippen LogP contribution < -0.4 is 0 Å². The summed E-state index contributed by atoms with van der Waals surface area (Å²) in [6, 6.07) is 0. The van der Waals surface area contributed by atoms with Gasteiger partial charge >= 0.3 is 0 Å². The summed E-state index contributed by atoms with van der Waals surface area (Å²) in [5.74, 6) is 2.08. The van der Waals surface area contributed by atoms with E-state index in [1.807, 2.05) is 32.9 Å². The molecule has 1 saturated heterocycles. The van der Waals surface area contributed by atoms with Gasteiger partial charge in [-0.05, 0) is 64.9 Å². The fourth-order valence-electron chi connectivity index (χ4n) is 6.97. The van der Waals surface area contributed by atoms with Gasteiger partial charge in [-0.1, -0.05) is 81.4 Å². The number of ether oxygens (including phenoxy) is 2. The lowest BCUT2D eigenvalue weighted by Crippen LogP contribution is -2.28. The van der Waals surface area contributed by atoms with E-state index in [1.54, 1.807) is 19.3 Å². The molecule has 2 saturated carbocycles. The van der Waals surface area contributed by atoms with Crippen LogP contribution in [0.2, 0.25) is 0 Å². The second-order valence-corrected chi connectivity index (χ2v) is 18.9. The number of methoxy groups -OCH3 is 1. The minimum atomic E-state index is -0.0770. The van der Waals surface area contributed by atoms with Gasteiger partial charge in [-0.15, -0.1) is 0 Å². The lowest BCUT2D eigenvalue weighted by molar-refractivity contribution is -0.133. The summed E-state index contributed by atoms with van der Waals surface area (Å²) in [7, 11) is 1.61. The molecule has 2 unspecified atom stereocenters. The predicted molar refractivity (Wildman–Crippen MR) is 196 cm³/mol. The first-order valence-electron chi connectivity index (χ1n) is 18.1. The first kappa shape index (κ1) is 43.2. The molecule has 1 aliphatic heterocycles. The SMILES string of the molecule is CC1(C)CC(=O)C2OC2C1.CC1(C)CC(=O)CC(=O)C1.CC1(C)CC=CC(=O)C1.CC1=CCC(C)(C)CC1=O.COC1=CC(=O)CC(C)(C)C1. The Morgan fingerprint density at radius 1 is 0.640 bits per heavy atom. The number of Topliss-reactive ketones (excluding diaryl/α,β-unsaturated/α-hetero) is 4. The van der Waals surface area contributed by atoms with E-state index in [4.69, 9.17) is 9.47 Å². The number of fused-ring (bicyclic) bond motifs is 1. The van der Waals surface area contributed by atoms with Crippen molar-refractivity contribution >= 4 is 34.7 Å². The molecule has 0 aromatic heterocycles. The largest absolute Gasteiger partial charge is 0.501 e. The number of hydrogen-bond donors (Lipinski definition) is 0. The minimum absolute atomic E-state index is 0.00646. The first-order chi connectivity index (χ1) is 22.7. The minimum Gasteiger partial charge on any atom is -0.501 e. The fourth-order valence-corrected chi connectivity index (χ4v) is 6.97. The van der Waals surface area contributed by atoms with Crippen molar-refractivity contribution in [2.24, 2.45) is 27.1 Å². The second-order valence-electron chi connectivity index (χ2n) is 18.9. The van der Waals surface area contributed by atoms with Crippen LogP contribution in [0.15, 0.2) is 35.6 Å². The van der Waals surface area contributed by atoms with Crippen molar-refractivity contribution in [2.45, 2.75) is 159 Å². The van der Waals surface area contributed by atoms with Gasteiger partial charge in [-0.2, -0.15) is 0 Å². The van der Waals surface area contributed by atoms with Crippen LogP contribution in [0.5, 0.6) is 0 Å². The summed E-state index contributed by atoms with van der Waals surface area (Å²) >= 11 is 0. The van der Waals surface area contributed by atoms with Gasteiger partial charge in [0.15, 0.2) is 23.1 Å². The Bertz CT molecular complexity index is 1380. The molecular weight excluding hydrogens is 632 g/mol. The van der Waals surface area contributed by atoms with Gasteiger partial charge in [0, 0.05) is 51.0 Å². The number of rotatable bonds is 1. The van der Waals surface area contributed by atoms with E-state index in [9.17, 15) is 28.8 Å². The molecule has 1 heterocycles. The Hall–Kier alpha value is -3.00. The Morgan fingerprint density at radius 3 is 1.60 bits per heavy atom. The Kier molecular flexibility index (Phi) is 14.7. The molecule has 2 atom stereocenters. The fraction of sp³-hybridized carbons (Fsp3) is 0.714. The summed E-state index contributed by atoms with van der Waals surface area (Å²) < 4.78 is 10.2. The molecule has 8 nitrogen and oxygen atoms in total. The van der Waals surface area contributed by atoms with Gasteiger partial charge in [0.05, 0.1) is 25.4 Å². The number of hydrogen-bond acceptors (Lipinski definition) is 8. The molecule has 0 amide bonds. The number of allylic oxidation sites excluding steroid dienone is 6. The maximum absolute atomic E-state index is 11.1. The lowest BCUT2D eigenvalue weighted by Gasteiger charge is -2.27. The van der Waals surface area contributed by atoms with Crippen molar-refractivity contribution in [1.82, 2.24) is 0 Å². The van der Waals surface area contributed by atoms with Crippen LogP contribution in [0.4, 0.5) is 0 Å². The lowest BCUT2D eigenvalue weighted by atomic mass is 9.76. The second kappa shape index (κ2) is 17.0. The van der Waals surface area contributed by atoms with E-state index in [2.05, 4.69) is 55.4 Å². The Balaban J connectivity index is 0.000000217. The van der Waals surface area contributed by atoms with E-state index in [0.717, 1.165) is 43.4 Å². The Morgan fingerprint density at radius 2 is 1.18 bits per heavy atom. The van der Waals surface area contributed by atoms with E-state index < -0.39 is 0 Å². The molecule has 0 radical (unpaired) electrons. The van der Waals surface area contributed by atoms with E-state index in [-0.39, 0.29) is 68.8 Å². The van der Waals surface area contributed by atoms with Gasteiger partial charge < -0.3 is 9.47 Å². The molecule has 0 spiro atoms. The Labute approximate surface area is 301 Å². The maximum atomic E-state index is 11.1. The molecule has 0 bridgehead atoms. The van der Waals surface area contributed by atoms with Crippen LogP contribution in [0.3, 0.4) is 0 Å². The smallest absolute Gasteiger partial charge is 0.164 e. The molecule has 0 N–H and O–H groups in total. The van der Waals surface area contributed by atoms with Gasteiger partial charge in [0.2, 0.25) is 0 Å². The van der Waals surface area contributed by atoms with Crippen molar-refractivity contribution in [3.05, 3.63) is 35.6 Å². The zero-order chi connectivity index (χ0) is 38.3. The summed E-state index contributed by atoms with van der Waals surface area (Å²) in [5, 5.41) is 0. The van der Waals surface area contributed by atoms with E-state index >= 15 is 0 Å². The molecule has 8 heteroatoms. The molecule has 6 aliphatic rings. The quantitative estimate of drug-likeness (QED) is 0.197. The topological polar surface area (TPSA) is 124 Å². The third-order valence-corrected chi connectivity index (χ3v) is 9.61. The monoisotopic (exact) mass is 696 g/mol. The molecule has 280 valence electrons. The molecule has 5 aliphatic carbocycles. The van der Waals surface area contributed by atoms with Crippen LogP contribution in [0, 0.1) is 27.1 Å². The van der Waals surface area contributed by atoms with Crippen LogP contribution in [-0.2, 0) is 38.2 Å². The van der Waals surface area contributed by atoms with Crippen LogP contribution >= 0.6 is 0 Å². The highest BCUT2D eigenvalue weighted by molar-refractivity contribution is 6.02. The van der Waals surface area contributed by atoms with Crippen molar-refractivity contribution < 1.29 is 38.2 Å². The zero-order valence-electron chi connectivity index (χ0n) is 33.0. The van der Waals surface area contributed by atoms with Crippen molar-refractivity contribution in [2.75, 3.05) is 7.11 Å². The van der Waals surface area contributed by atoms with Gasteiger partial charge in [0.25, 0.3) is 0 Å². The van der Waals surface area contributed by atoms with Crippen LogP contribution in [0.25, 0.3) is 0 Å². The molecule has 50 heavy (non-hydrogen) atoms. The zero-order valence-corrected chi connectivity index (χ0v) is 33.0. The van der Waals surface area contributed by atoms with Crippen molar-refractivity contribution in [3.63, 3.8) is 0 Å². The normalized spacial score (nSPS) is 27.8. The van der Waals surface area contributed by atoms with Gasteiger partial charge in [-0.25, -0.2) is 0 Å². The number of ketones is 6. The number of carbonyl (C=O) groups is 6. The summed E-state index contributed by atoms with van der Waals surface area (Å²) in [6.45, 7) is 22.7. The van der Waals surface area contributed by atoms with Crippen LogP contribution in [-0.4, -0.2) is 54.0 Å². The standard InChI is InChI=1S/C9H14O2.C9H14O.2C8H12O2.C8H12O/c1-9(2)5-7(10)4-8(6-9)11-3;1-7-4-5-9(2,3)6-8(7)10;1-8(2)3-5(9)7-6(4-8)10-7;1-8(2)4-6(9)3-7(10)5-8;1-8(2)5-3-4-7(9)6-8/h4H,5-6H2,1-3H3;4H,5-6H2,1-3H3;6-7H,3-4H2,1-2H3;3-5H2,1-2H3;3-4H,5-6H2,1-2H3. The predicted octanol–water partition coefficient (Wildman–Crippen LogP) is 8.64. The number of carbonyl (C=O) groups excluding carboxylic acids is 6.